The van der Waals surface area contributed by atoms with Crippen LogP contribution in [0.15, 0.2) is 17.3 Å². The maximum atomic E-state index is 13.4. The highest BCUT2D eigenvalue weighted by Gasteiger charge is 2.27. The minimum Gasteiger partial charge on any atom is -0.411 e. The van der Waals surface area contributed by atoms with Gasteiger partial charge in [0.25, 0.3) is 0 Å². The largest absolute Gasteiger partial charge is 0.411 e. The summed E-state index contributed by atoms with van der Waals surface area (Å²) in [5, 5.41) is 14.6. The van der Waals surface area contributed by atoms with Crippen LogP contribution < -0.4 is 5.32 Å². The topological polar surface area (TPSA) is 57.5 Å². The molecule has 0 aromatic carbocycles. The van der Waals surface area contributed by atoms with Gasteiger partial charge < -0.3 is 10.5 Å². The Morgan fingerprint density at radius 1 is 1.40 bits per heavy atom. The summed E-state index contributed by atoms with van der Waals surface area (Å²) >= 11 is 0. The molecular weight excluding hydrogens is 257 g/mol. The molecule has 1 heterocycles. The lowest BCUT2D eigenvalue weighted by Gasteiger charge is -2.32. The molecule has 0 unspecified atom stereocenters. The number of nitrogens with one attached hydrogen (secondary N) is 1. The molecule has 1 aliphatic rings. The molecule has 0 amide bonds. The summed E-state index contributed by atoms with van der Waals surface area (Å²) in [6, 6.07) is 2.81. The Bertz CT molecular complexity index is 554. The van der Waals surface area contributed by atoms with Crippen LogP contribution >= 0.6 is 0 Å². The minimum absolute atomic E-state index is 0.0125. The van der Waals surface area contributed by atoms with Crippen LogP contribution in [0.5, 0.6) is 0 Å². The van der Waals surface area contributed by atoms with Gasteiger partial charge in [-0.05, 0) is 37.9 Å². The third kappa shape index (κ3) is 3.34. The van der Waals surface area contributed by atoms with Crippen LogP contribution in [0.3, 0.4) is 0 Å². The lowest BCUT2D eigenvalue weighted by molar-refractivity contribution is 0.319. The van der Waals surface area contributed by atoms with Crippen molar-refractivity contribution < 1.29 is 9.60 Å². The zero-order valence-electron chi connectivity index (χ0n) is 11.5. The van der Waals surface area contributed by atoms with Crippen molar-refractivity contribution in [3.05, 3.63) is 29.3 Å². The van der Waals surface area contributed by atoms with Gasteiger partial charge in [0.2, 0.25) is 0 Å². The molecule has 0 spiro atoms. The predicted octanol–water partition coefficient (Wildman–Crippen LogP) is 2.30. The zero-order valence-corrected chi connectivity index (χ0v) is 11.5. The van der Waals surface area contributed by atoms with Gasteiger partial charge >= 0.3 is 0 Å². The van der Waals surface area contributed by atoms with E-state index < -0.39 is 5.82 Å². The molecule has 5 heteroatoms. The van der Waals surface area contributed by atoms with Gasteiger partial charge in [-0.1, -0.05) is 30.3 Å². The van der Waals surface area contributed by atoms with Crippen molar-refractivity contribution in [1.29, 1.82) is 0 Å². The van der Waals surface area contributed by atoms with Crippen LogP contribution in [0.2, 0.25) is 0 Å². The van der Waals surface area contributed by atoms with Crippen LogP contribution in [0.25, 0.3) is 0 Å². The second kappa shape index (κ2) is 6.49. The molecular formula is C15H18FN3O. The molecule has 20 heavy (non-hydrogen) atoms. The fraction of sp³-hybridized carbons (Fsp3) is 0.467. The molecule has 1 aromatic heterocycles. The van der Waals surface area contributed by atoms with Crippen LogP contribution in [0.1, 0.15) is 43.5 Å². The van der Waals surface area contributed by atoms with Gasteiger partial charge in [-0.25, -0.2) is 9.37 Å². The normalized spacial score (nSPS) is 17.7. The first-order chi connectivity index (χ1) is 9.69. The molecule has 1 saturated carbocycles. The monoisotopic (exact) mass is 275 g/mol. The van der Waals surface area contributed by atoms with Gasteiger partial charge in [0, 0.05) is 0 Å². The molecule has 1 fully saturated rings. The molecule has 1 aliphatic carbocycles. The van der Waals surface area contributed by atoms with Crippen molar-refractivity contribution in [3.8, 4) is 11.8 Å². The van der Waals surface area contributed by atoms with E-state index in [0.717, 1.165) is 31.9 Å². The quantitative estimate of drug-likeness (QED) is 0.377. The van der Waals surface area contributed by atoms with Gasteiger partial charge in [0.05, 0.1) is 11.8 Å². The number of nitrogens with zero attached hydrogens (tertiary/aromatic N) is 2. The molecule has 0 aliphatic heterocycles. The summed E-state index contributed by atoms with van der Waals surface area (Å²) < 4.78 is 13.4. The molecule has 0 saturated heterocycles. The standard InChI is InChI=1S/C15H18FN3O/c1-17-15(8-3-2-4-9-15)10-7-12-5-6-13(16)14(19-12)11-18-20/h5-6,11,17,20H,2-4,8-9H2,1H3/b18-11+. The Morgan fingerprint density at radius 3 is 2.80 bits per heavy atom. The van der Waals surface area contributed by atoms with Gasteiger partial charge in [-0.2, -0.15) is 0 Å². The first-order valence-electron chi connectivity index (χ1n) is 6.75. The Morgan fingerprint density at radius 2 is 2.15 bits per heavy atom. The minimum atomic E-state index is -0.533. The molecule has 1 aromatic rings. The number of hydrogen-bond acceptors (Lipinski definition) is 4. The van der Waals surface area contributed by atoms with E-state index in [2.05, 4.69) is 27.3 Å². The van der Waals surface area contributed by atoms with Crippen molar-refractivity contribution in [3.63, 3.8) is 0 Å². The second-order valence-electron chi connectivity index (χ2n) is 4.95. The number of oxime groups is 1. The molecule has 0 bridgehead atoms. The van der Waals surface area contributed by atoms with Crippen LogP contribution in [0, 0.1) is 17.7 Å². The number of pyridine rings is 1. The average Bonchev–Trinajstić information content (AvgIpc) is 2.49. The third-order valence-electron chi connectivity index (χ3n) is 3.67. The van der Waals surface area contributed by atoms with E-state index in [1.165, 1.54) is 18.6 Å². The first kappa shape index (κ1) is 14.5. The van der Waals surface area contributed by atoms with Gasteiger partial charge in [-0.15, -0.1) is 0 Å². The van der Waals surface area contributed by atoms with Gasteiger partial charge in [0.1, 0.15) is 11.4 Å². The fourth-order valence-electron chi connectivity index (χ4n) is 2.45. The highest BCUT2D eigenvalue weighted by Crippen LogP contribution is 2.27. The average molecular weight is 275 g/mol. The van der Waals surface area contributed by atoms with Crippen LogP contribution in [0.4, 0.5) is 4.39 Å². The van der Waals surface area contributed by atoms with Crippen LogP contribution in [-0.4, -0.2) is 29.0 Å². The van der Waals surface area contributed by atoms with Crippen molar-refractivity contribution >= 4 is 6.21 Å². The molecule has 2 rings (SSSR count). The molecule has 0 atom stereocenters. The van der Waals surface area contributed by atoms with E-state index in [4.69, 9.17) is 5.21 Å². The highest BCUT2D eigenvalue weighted by molar-refractivity contribution is 5.76. The lowest BCUT2D eigenvalue weighted by atomic mass is 9.82. The highest BCUT2D eigenvalue weighted by atomic mass is 19.1. The Labute approximate surface area is 118 Å². The number of aromatic nitrogens is 1. The maximum absolute atomic E-state index is 13.4. The van der Waals surface area contributed by atoms with E-state index in [0.29, 0.717) is 5.69 Å². The summed E-state index contributed by atoms with van der Waals surface area (Å²) in [7, 11) is 1.92. The number of rotatable bonds is 2. The van der Waals surface area contributed by atoms with Crippen molar-refractivity contribution in [2.24, 2.45) is 5.16 Å². The van der Waals surface area contributed by atoms with Crippen molar-refractivity contribution in [2.75, 3.05) is 7.05 Å². The molecule has 2 N–H and O–H groups in total. The zero-order chi connectivity index (χ0) is 14.4. The van der Waals surface area contributed by atoms with E-state index in [9.17, 15) is 4.39 Å². The second-order valence-corrected chi connectivity index (χ2v) is 4.95. The number of halogens is 1. The molecule has 106 valence electrons. The van der Waals surface area contributed by atoms with Crippen LogP contribution in [-0.2, 0) is 0 Å². The van der Waals surface area contributed by atoms with E-state index in [1.54, 1.807) is 0 Å². The summed E-state index contributed by atoms with van der Waals surface area (Å²) in [5.74, 6) is 5.70. The fourth-order valence-corrected chi connectivity index (χ4v) is 2.45. The molecule has 0 radical (unpaired) electrons. The van der Waals surface area contributed by atoms with Crippen molar-refractivity contribution in [2.45, 2.75) is 37.6 Å². The van der Waals surface area contributed by atoms with E-state index >= 15 is 0 Å². The van der Waals surface area contributed by atoms with Gasteiger partial charge in [-0.3, -0.25) is 0 Å². The first-order valence-corrected chi connectivity index (χ1v) is 6.75. The SMILES string of the molecule is CNC1(C#Cc2ccc(F)c(/C=N/O)n2)CCCCC1. The Balaban J connectivity index is 2.25. The smallest absolute Gasteiger partial charge is 0.150 e. The Hall–Kier alpha value is -1.93. The molecule has 4 nitrogen and oxygen atoms in total. The van der Waals surface area contributed by atoms with E-state index in [-0.39, 0.29) is 11.2 Å². The third-order valence-corrected chi connectivity index (χ3v) is 3.67. The maximum Gasteiger partial charge on any atom is 0.150 e. The van der Waals surface area contributed by atoms with Crippen molar-refractivity contribution in [1.82, 2.24) is 10.3 Å². The van der Waals surface area contributed by atoms with Gasteiger partial charge in [0.15, 0.2) is 5.82 Å². The summed E-state index contributed by atoms with van der Waals surface area (Å²) in [6.07, 6.45) is 6.57. The Kier molecular flexibility index (Phi) is 4.70. The number of hydrogen-bond donors (Lipinski definition) is 2. The summed E-state index contributed by atoms with van der Waals surface area (Å²) in [5.41, 5.74) is 0.294. The lowest BCUT2D eigenvalue weighted by Crippen LogP contribution is -2.43. The van der Waals surface area contributed by atoms with E-state index in [1.807, 2.05) is 7.05 Å². The predicted molar refractivity (Wildman–Crippen MR) is 75.3 cm³/mol. The summed E-state index contributed by atoms with van der Waals surface area (Å²) in [6.45, 7) is 0. The summed E-state index contributed by atoms with van der Waals surface area (Å²) in [4.78, 5) is 4.03.